The van der Waals surface area contributed by atoms with E-state index in [-0.39, 0.29) is 12.8 Å². The third-order valence-electron chi connectivity index (χ3n) is 1.80. The third-order valence-corrected chi connectivity index (χ3v) is 1.80. The van der Waals surface area contributed by atoms with Gasteiger partial charge >= 0.3 is 0 Å². The van der Waals surface area contributed by atoms with Crippen LogP contribution < -0.4 is 0 Å². The smallest absolute Gasteiger partial charge is 0.185 e. The molecule has 0 aromatic heterocycles. The minimum Gasteiger partial charge on any atom is -0.509 e. The van der Waals surface area contributed by atoms with Gasteiger partial charge < -0.3 is 9.84 Å². The first-order chi connectivity index (χ1) is 6.08. The summed E-state index contributed by atoms with van der Waals surface area (Å²) in [4.78, 5) is 10.9. The van der Waals surface area contributed by atoms with Gasteiger partial charge in [-0.15, -0.1) is 0 Å². The molecule has 1 rings (SSSR count). The van der Waals surface area contributed by atoms with E-state index >= 15 is 0 Å². The molecule has 13 heavy (non-hydrogen) atoms. The molecule has 3 nitrogen and oxygen atoms in total. The number of methoxy groups -OCH3 is 1. The number of hydrogen-bond acceptors (Lipinski definition) is 3. The number of hydrogen-bond donors (Lipinski definition) is 1. The van der Waals surface area contributed by atoms with E-state index in [1.165, 1.54) is 13.4 Å². The molecular formula is C9H11FO3. The molecule has 0 amide bonds. The molecule has 0 atom stereocenters. The summed E-state index contributed by atoms with van der Waals surface area (Å²) in [5.41, 5.74) is -1.64. The van der Waals surface area contributed by atoms with E-state index in [1.54, 1.807) is 0 Å². The lowest BCUT2D eigenvalue weighted by molar-refractivity contribution is -0.110. The van der Waals surface area contributed by atoms with Crippen molar-refractivity contribution in [1.29, 1.82) is 0 Å². The Kier molecular flexibility index (Phi) is 2.70. The molecule has 1 saturated carbocycles. The Balaban J connectivity index is 2.55. The Hall–Kier alpha value is -1.32. The third kappa shape index (κ3) is 2.57. The topological polar surface area (TPSA) is 46.5 Å². The SMILES string of the molecule is COC=CC(=O)C=C(O)C1(F)CC1. The second-order valence-corrected chi connectivity index (χ2v) is 2.94. The van der Waals surface area contributed by atoms with Crippen molar-refractivity contribution in [2.75, 3.05) is 7.11 Å². The predicted octanol–water partition coefficient (Wildman–Crippen LogP) is 1.66. The minimum atomic E-state index is -1.64. The van der Waals surface area contributed by atoms with Crippen LogP contribution >= 0.6 is 0 Å². The molecule has 0 unspecified atom stereocenters. The molecule has 0 aromatic carbocycles. The minimum absolute atomic E-state index is 0.288. The number of aliphatic hydroxyl groups is 1. The Morgan fingerprint density at radius 1 is 1.62 bits per heavy atom. The summed E-state index contributed by atoms with van der Waals surface area (Å²) >= 11 is 0. The van der Waals surface area contributed by atoms with E-state index in [0.717, 1.165) is 12.2 Å². The highest BCUT2D eigenvalue weighted by Crippen LogP contribution is 2.44. The highest BCUT2D eigenvalue weighted by atomic mass is 19.1. The fourth-order valence-corrected chi connectivity index (χ4v) is 0.813. The molecule has 4 heteroatoms. The second kappa shape index (κ2) is 3.60. The molecule has 0 radical (unpaired) electrons. The first-order valence-electron chi connectivity index (χ1n) is 3.92. The maximum Gasteiger partial charge on any atom is 0.185 e. The molecule has 0 bridgehead atoms. The standard InChI is InChI=1S/C9H11FO3/c1-13-5-2-7(11)6-8(12)9(10)3-4-9/h2,5-6,12H,3-4H2,1H3. The van der Waals surface area contributed by atoms with Gasteiger partial charge in [-0.2, -0.15) is 0 Å². The van der Waals surface area contributed by atoms with E-state index in [0.29, 0.717) is 0 Å². The van der Waals surface area contributed by atoms with Crippen LogP contribution in [0.25, 0.3) is 0 Å². The summed E-state index contributed by atoms with van der Waals surface area (Å²) in [5, 5.41) is 9.11. The van der Waals surface area contributed by atoms with E-state index < -0.39 is 17.2 Å². The zero-order chi connectivity index (χ0) is 9.90. The van der Waals surface area contributed by atoms with Crippen molar-refractivity contribution in [1.82, 2.24) is 0 Å². The Morgan fingerprint density at radius 3 is 2.69 bits per heavy atom. The van der Waals surface area contributed by atoms with Crippen molar-refractivity contribution in [3.63, 3.8) is 0 Å². The molecule has 0 saturated heterocycles. The van der Waals surface area contributed by atoms with Gasteiger partial charge in [-0.25, -0.2) is 4.39 Å². The first-order valence-corrected chi connectivity index (χ1v) is 3.92. The van der Waals surface area contributed by atoms with Crippen LogP contribution in [0, 0.1) is 0 Å². The number of carbonyl (C=O) groups excluding carboxylic acids is 1. The fourth-order valence-electron chi connectivity index (χ4n) is 0.813. The Bertz CT molecular complexity index is 264. The molecule has 1 aliphatic rings. The fraction of sp³-hybridized carbons (Fsp3) is 0.444. The lowest BCUT2D eigenvalue weighted by atomic mass is 10.2. The van der Waals surface area contributed by atoms with Crippen molar-refractivity contribution >= 4 is 5.78 Å². The average Bonchev–Trinajstić information content (AvgIpc) is 2.81. The summed E-state index contributed by atoms with van der Waals surface area (Å²) in [7, 11) is 1.39. The van der Waals surface area contributed by atoms with E-state index in [4.69, 9.17) is 5.11 Å². The number of alkyl halides is 1. The maximum absolute atomic E-state index is 13.1. The maximum atomic E-state index is 13.1. The number of carbonyl (C=O) groups is 1. The van der Waals surface area contributed by atoms with Crippen molar-refractivity contribution in [3.05, 3.63) is 24.2 Å². The highest BCUT2D eigenvalue weighted by Gasteiger charge is 2.47. The molecule has 0 heterocycles. The monoisotopic (exact) mass is 186 g/mol. The molecule has 1 aliphatic carbocycles. The van der Waals surface area contributed by atoms with Crippen LogP contribution in [0.15, 0.2) is 24.2 Å². The molecule has 0 spiro atoms. The number of allylic oxidation sites excluding steroid dienone is 3. The predicted molar refractivity (Wildman–Crippen MR) is 44.9 cm³/mol. The number of ether oxygens (including phenoxy) is 1. The largest absolute Gasteiger partial charge is 0.509 e. The van der Waals surface area contributed by atoms with Crippen molar-refractivity contribution in [2.24, 2.45) is 0 Å². The van der Waals surface area contributed by atoms with Crippen LogP contribution in [-0.2, 0) is 9.53 Å². The van der Waals surface area contributed by atoms with Gasteiger partial charge in [-0.1, -0.05) is 0 Å². The van der Waals surface area contributed by atoms with Crippen LogP contribution in [-0.4, -0.2) is 23.7 Å². The quantitative estimate of drug-likeness (QED) is 0.536. The van der Waals surface area contributed by atoms with Gasteiger partial charge in [0.1, 0.15) is 5.76 Å². The number of ketones is 1. The Morgan fingerprint density at radius 2 is 2.23 bits per heavy atom. The second-order valence-electron chi connectivity index (χ2n) is 2.94. The van der Waals surface area contributed by atoms with Crippen LogP contribution in [0.2, 0.25) is 0 Å². The van der Waals surface area contributed by atoms with Crippen LogP contribution in [0.5, 0.6) is 0 Å². The zero-order valence-corrected chi connectivity index (χ0v) is 7.29. The number of aliphatic hydroxyl groups excluding tert-OH is 1. The lowest BCUT2D eigenvalue weighted by Crippen LogP contribution is -2.05. The van der Waals surface area contributed by atoms with Crippen LogP contribution in [0.3, 0.4) is 0 Å². The van der Waals surface area contributed by atoms with E-state index in [1.807, 2.05) is 0 Å². The molecule has 0 aliphatic heterocycles. The molecular weight excluding hydrogens is 175 g/mol. The van der Waals surface area contributed by atoms with Crippen LogP contribution in [0.4, 0.5) is 4.39 Å². The van der Waals surface area contributed by atoms with Gasteiger partial charge in [0.25, 0.3) is 0 Å². The summed E-state index contributed by atoms with van der Waals surface area (Å²) in [6.07, 6.45) is 3.74. The summed E-state index contributed by atoms with van der Waals surface area (Å²) in [6, 6.07) is 0. The van der Waals surface area contributed by atoms with Gasteiger partial charge in [0, 0.05) is 12.2 Å². The summed E-state index contributed by atoms with van der Waals surface area (Å²) < 4.78 is 17.5. The first kappa shape index (κ1) is 9.77. The number of halogens is 1. The van der Waals surface area contributed by atoms with E-state index in [9.17, 15) is 9.18 Å². The highest BCUT2D eigenvalue weighted by molar-refractivity contribution is 5.99. The van der Waals surface area contributed by atoms with Crippen molar-refractivity contribution < 1.29 is 19.0 Å². The summed E-state index contributed by atoms with van der Waals surface area (Å²) in [6.45, 7) is 0. The molecule has 0 aromatic rings. The van der Waals surface area contributed by atoms with E-state index in [2.05, 4.69) is 4.74 Å². The lowest BCUT2D eigenvalue weighted by Gasteiger charge is -2.00. The number of rotatable bonds is 4. The van der Waals surface area contributed by atoms with Gasteiger partial charge in [0.05, 0.1) is 13.4 Å². The summed E-state index contributed by atoms with van der Waals surface area (Å²) in [5.74, 6) is -0.971. The zero-order valence-electron chi connectivity index (χ0n) is 7.29. The average molecular weight is 186 g/mol. The molecule has 72 valence electrons. The van der Waals surface area contributed by atoms with Crippen LogP contribution in [0.1, 0.15) is 12.8 Å². The van der Waals surface area contributed by atoms with Crippen molar-refractivity contribution in [3.8, 4) is 0 Å². The molecule has 1 fully saturated rings. The Labute approximate surface area is 75.5 Å². The molecule has 1 N–H and O–H groups in total. The van der Waals surface area contributed by atoms with Gasteiger partial charge in [-0.3, -0.25) is 4.79 Å². The van der Waals surface area contributed by atoms with Gasteiger partial charge in [-0.05, 0) is 12.8 Å². The normalized spacial score (nSPS) is 20.3. The van der Waals surface area contributed by atoms with Gasteiger partial charge in [0.2, 0.25) is 0 Å². The van der Waals surface area contributed by atoms with Gasteiger partial charge in [0.15, 0.2) is 11.5 Å². The van der Waals surface area contributed by atoms with Crippen molar-refractivity contribution in [2.45, 2.75) is 18.5 Å².